The van der Waals surface area contributed by atoms with Crippen molar-refractivity contribution < 1.29 is 23.8 Å². The van der Waals surface area contributed by atoms with Crippen LogP contribution in [0.2, 0.25) is 0 Å². The zero-order valence-corrected chi connectivity index (χ0v) is 25.4. The van der Waals surface area contributed by atoms with Gasteiger partial charge in [-0.25, -0.2) is 9.07 Å². The average Bonchev–Trinajstić information content (AvgIpc) is 3.48. The lowest BCUT2D eigenvalue weighted by Gasteiger charge is -2.60. The average molecular weight is 592 g/mol. The van der Waals surface area contributed by atoms with Gasteiger partial charge in [-0.05, 0) is 97.6 Å². The summed E-state index contributed by atoms with van der Waals surface area (Å²) in [5.41, 5.74) is 1.82. The highest BCUT2D eigenvalue weighted by Crippen LogP contribution is 2.69. The van der Waals surface area contributed by atoms with Crippen molar-refractivity contribution in [1.82, 2.24) is 9.78 Å². The zero-order chi connectivity index (χ0) is 30.0. The number of esters is 1. The third-order valence-corrected chi connectivity index (χ3v) is 11.8. The number of carbonyl (C=O) groups excluding carboxylic acids is 2. The largest absolute Gasteiger partial charge is 0.449 e. The lowest BCUT2D eigenvalue weighted by molar-refractivity contribution is -0.198. The van der Waals surface area contributed by atoms with E-state index in [1.54, 1.807) is 26.0 Å². The first-order valence-corrected chi connectivity index (χ1v) is 15.9. The van der Waals surface area contributed by atoms with Gasteiger partial charge in [-0.2, -0.15) is 10.4 Å². The van der Waals surface area contributed by atoms with Crippen LogP contribution in [0.1, 0.15) is 71.1 Å². The molecule has 42 heavy (non-hydrogen) atoms. The van der Waals surface area contributed by atoms with Crippen molar-refractivity contribution in [2.75, 3.05) is 5.75 Å². The fraction of sp³-hybridized carbons (Fsp3) is 0.576. The van der Waals surface area contributed by atoms with E-state index in [1.165, 1.54) is 17.7 Å². The molecule has 7 atom stereocenters. The predicted molar refractivity (Wildman–Crippen MR) is 158 cm³/mol. The SMILES string of the molecule is CC(C)C(=O)OC1(C(=O)SCC#N)CCC2C3CCC4=Cc5c(cnn5-c5ccc(F)cc5)C[C@]4(C)C3C(O)CC21C. The van der Waals surface area contributed by atoms with Crippen LogP contribution in [-0.2, 0) is 20.7 Å². The second-order valence-electron chi connectivity index (χ2n) is 13.4. The molecule has 1 aromatic heterocycles. The van der Waals surface area contributed by atoms with E-state index < -0.39 is 29.0 Å². The molecule has 1 aromatic carbocycles. The van der Waals surface area contributed by atoms with Crippen molar-refractivity contribution in [3.05, 3.63) is 53.1 Å². The maximum atomic E-state index is 13.8. The second-order valence-corrected chi connectivity index (χ2v) is 14.4. The fourth-order valence-corrected chi connectivity index (χ4v) is 9.81. The summed E-state index contributed by atoms with van der Waals surface area (Å²) in [6, 6.07) is 8.37. The first-order valence-electron chi connectivity index (χ1n) is 14.9. The topological polar surface area (TPSA) is 105 Å². The van der Waals surface area contributed by atoms with Gasteiger partial charge in [-0.1, -0.05) is 45.0 Å². The number of aliphatic hydroxyl groups excluding tert-OH is 1. The van der Waals surface area contributed by atoms with E-state index in [0.29, 0.717) is 12.8 Å². The van der Waals surface area contributed by atoms with Crippen LogP contribution in [0.5, 0.6) is 0 Å². The number of ether oxygens (including phenoxy) is 1. The van der Waals surface area contributed by atoms with E-state index >= 15 is 0 Å². The Bertz CT molecular complexity index is 1500. The van der Waals surface area contributed by atoms with Crippen molar-refractivity contribution in [2.24, 2.45) is 34.5 Å². The highest BCUT2D eigenvalue weighted by Gasteiger charge is 2.70. The molecule has 1 N–H and O–H groups in total. The number of thioether (sulfide) groups is 1. The molecule has 2 aromatic rings. The number of halogens is 1. The Hall–Kier alpha value is -2.96. The van der Waals surface area contributed by atoms with E-state index in [-0.39, 0.29) is 39.9 Å². The van der Waals surface area contributed by atoms with E-state index in [1.807, 2.05) is 23.9 Å². The van der Waals surface area contributed by atoms with Gasteiger partial charge in [0.2, 0.25) is 5.12 Å². The summed E-state index contributed by atoms with van der Waals surface area (Å²) in [5.74, 6) is -0.873. The Morgan fingerprint density at radius 2 is 2.00 bits per heavy atom. The van der Waals surface area contributed by atoms with Gasteiger partial charge in [0.15, 0.2) is 5.60 Å². The van der Waals surface area contributed by atoms with Crippen molar-refractivity contribution in [2.45, 2.75) is 77.9 Å². The van der Waals surface area contributed by atoms with Crippen LogP contribution < -0.4 is 0 Å². The highest BCUT2D eigenvalue weighted by atomic mass is 32.2. The molecule has 4 aliphatic rings. The standard InChI is InChI=1S/C33H38FN3O4S/c1-19(2)29(39)41-33(30(40)42-14-13-35)12-11-25-24-10-5-21-15-26-20(18-36-37(26)23-8-6-22(34)7-9-23)16-31(21,3)28(24)27(38)17-32(25,33)4/h6-9,15,18-19,24-25,27-28,38H,5,10-12,14,16-17H2,1-4H3/t24?,25?,27?,28?,31-,32?,33?/m0/s1. The predicted octanol–water partition coefficient (Wildman–Crippen LogP) is 5.89. The maximum Gasteiger partial charge on any atom is 0.309 e. The molecule has 0 amide bonds. The number of aromatic nitrogens is 2. The van der Waals surface area contributed by atoms with Crippen molar-refractivity contribution in [3.8, 4) is 11.8 Å². The molecule has 7 nitrogen and oxygen atoms in total. The van der Waals surface area contributed by atoms with Crippen LogP contribution in [0.25, 0.3) is 11.8 Å². The van der Waals surface area contributed by atoms with Crippen molar-refractivity contribution >= 4 is 28.9 Å². The molecule has 0 aliphatic heterocycles. The first-order chi connectivity index (χ1) is 19.9. The van der Waals surface area contributed by atoms with Gasteiger partial charge >= 0.3 is 5.97 Å². The van der Waals surface area contributed by atoms with E-state index in [9.17, 15) is 24.3 Å². The molecule has 222 valence electrons. The number of benzene rings is 1. The summed E-state index contributed by atoms with van der Waals surface area (Å²) in [6.45, 7) is 7.81. The number of rotatable bonds is 5. The molecule has 6 unspecified atom stereocenters. The maximum absolute atomic E-state index is 13.8. The minimum absolute atomic E-state index is 0.00463. The second kappa shape index (κ2) is 10.3. The molecule has 9 heteroatoms. The minimum atomic E-state index is -1.36. The van der Waals surface area contributed by atoms with E-state index in [0.717, 1.165) is 54.4 Å². The zero-order valence-electron chi connectivity index (χ0n) is 24.6. The van der Waals surface area contributed by atoms with Crippen molar-refractivity contribution in [3.63, 3.8) is 0 Å². The number of aliphatic hydroxyl groups is 1. The normalized spacial score (nSPS) is 34.9. The molecule has 0 saturated heterocycles. The fourth-order valence-electron chi connectivity index (χ4n) is 9.01. The van der Waals surface area contributed by atoms with E-state index in [2.05, 4.69) is 18.1 Å². The monoisotopic (exact) mass is 591 g/mol. The molecule has 1 heterocycles. The third-order valence-electron chi connectivity index (χ3n) is 11.0. The number of nitrogens with zero attached hydrogens (tertiary/aromatic N) is 3. The van der Waals surface area contributed by atoms with Gasteiger partial charge < -0.3 is 9.84 Å². The molecule has 6 rings (SSSR count). The molecule has 0 spiro atoms. The van der Waals surface area contributed by atoms with Gasteiger partial charge in [-0.15, -0.1) is 0 Å². The Morgan fingerprint density at radius 1 is 1.26 bits per heavy atom. The van der Waals surface area contributed by atoms with Crippen LogP contribution in [-0.4, -0.2) is 43.4 Å². The quantitative estimate of drug-likeness (QED) is 0.433. The number of nitriles is 1. The van der Waals surface area contributed by atoms with Crippen LogP contribution in [0.4, 0.5) is 4.39 Å². The number of carbonyl (C=O) groups is 2. The van der Waals surface area contributed by atoms with Crippen molar-refractivity contribution in [1.29, 1.82) is 5.26 Å². The summed E-state index contributed by atoms with van der Waals surface area (Å²) in [4.78, 5) is 26.8. The molecule has 4 aliphatic carbocycles. The molecule has 3 fully saturated rings. The summed E-state index contributed by atoms with van der Waals surface area (Å²) in [5, 5.41) is 25.6. The molecular formula is C33H38FN3O4S. The summed E-state index contributed by atoms with van der Waals surface area (Å²) >= 11 is 0.924. The number of hydrogen-bond acceptors (Lipinski definition) is 7. The smallest absolute Gasteiger partial charge is 0.309 e. The molecule has 3 saturated carbocycles. The summed E-state index contributed by atoms with van der Waals surface area (Å²) < 4.78 is 21.6. The number of fused-ring (bicyclic) bond motifs is 6. The number of allylic oxidation sites excluding steroid dienone is 1. The Labute approximate surface area is 250 Å². The highest BCUT2D eigenvalue weighted by molar-refractivity contribution is 8.14. The molecule has 0 radical (unpaired) electrons. The summed E-state index contributed by atoms with van der Waals surface area (Å²) in [6.07, 6.45) is 7.38. The van der Waals surface area contributed by atoms with Crippen LogP contribution in [0.3, 0.4) is 0 Å². The number of hydrogen-bond donors (Lipinski definition) is 1. The van der Waals surface area contributed by atoms with Gasteiger partial charge in [0.25, 0.3) is 0 Å². The van der Waals surface area contributed by atoms with Gasteiger partial charge in [-0.3, -0.25) is 9.59 Å². The molecule has 0 bridgehead atoms. The van der Waals surface area contributed by atoms with Crippen LogP contribution >= 0.6 is 11.8 Å². The third kappa shape index (κ3) is 4.20. The lowest BCUT2D eigenvalue weighted by Crippen LogP contribution is -2.62. The minimum Gasteiger partial charge on any atom is -0.449 e. The van der Waals surface area contributed by atoms with Gasteiger partial charge in [0.05, 0.1) is 41.4 Å². The van der Waals surface area contributed by atoms with E-state index in [4.69, 9.17) is 4.74 Å². The van der Waals surface area contributed by atoms with Crippen LogP contribution in [0, 0.1) is 51.6 Å². The first kappa shape index (κ1) is 29.1. The Balaban J connectivity index is 1.35. The van der Waals surface area contributed by atoms with Gasteiger partial charge in [0.1, 0.15) is 5.82 Å². The molecular weight excluding hydrogens is 553 g/mol. The Morgan fingerprint density at radius 3 is 2.69 bits per heavy atom. The summed E-state index contributed by atoms with van der Waals surface area (Å²) in [7, 11) is 0. The lowest BCUT2D eigenvalue weighted by atomic mass is 9.45. The van der Waals surface area contributed by atoms with Crippen LogP contribution in [0.15, 0.2) is 36.0 Å². The van der Waals surface area contributed by atoms with Gasteiger partial charge in [0, 0.05) is 5.41 Å². The Kier molecular flexibility index (Phi) is 7.17.